The molecule has 0 N–H and O–H groups in total. The van der Waals surface area contributed by atoms with Crippen molar-refractivity contribution >= 4 is 11.6 Å². The summed E-state index contributed by atoms with van der Waals surface area (Å²) in [5.41, 5.74) is 3.80. The van der Waals surface area contributed by atoms with Crippen LogP contribution in [0.25, 0.3) is 5.69 Å². The molecule has 0 amide bonds. The van der Waals surface area contributed by atoms with Crippen LogP contribution in [0.4, 0.5) is 0 Å². The zero-order valence-electron chi connectivity index (χ0n) is 9.85. The topological polar surface area (TPSA) is 39.9 Å². The Bertz CT molecular complexity index is 510. The third-order valence-electron chi connectivity index (χ3n) is 2.50. The summed E-state index contributed by atoms with van der Waals surface area (Å²) >= 11 is 5.83. The number of hydrogen-bond acceptors (Lipinski definition) is 3. The number of aryl methyl sites for hydroxylation is 1. The van der Waals surface area contributed by atoms with Crippen LogP contribution in [0.1, 0.15) is 17.0 Å². The van der Waals surface area contributed by atoms with Gasteiger partial charge in [0.05, 0.1) is 23.9 Å². The number of benzene rings is 1. The van der Waals surface area contributed by atoms with Crippen LogP contribution in [0, 0.1) is 6.92 Å². The molecular formula is C12H14ClN3O. The molecular weight excluding hydrogens is 238 g/mol. The highest BCUT2D eigenvalue weighted by molar-refractivity contribution is 6.16. The molecule has 1 aromatic heterocycles. The van der Waals surface area contributed by atoms with Gasteiger partial charge in [-0.25, -0.2) is 4.68 Å². The maximum Gasteiger partial charge on any atom is 0.103 e. The van der Waals surface area contributed by atoms with E-state index in [1.54, 1.807) is 11.8 Å². The van der Waals surface area contributed by atoms with E-state index in [0.717, 1.165) is 17.1 Å². The van der Waals surface area contributed by atoms with E-state index in [2.05, 4.69) is 10.3 Å². The van der Waals surface area contributed by atoms with Gasteiger partial charge < -0.3 is 4.74 Å². The highest BCUT2D eigenvalue weighted by atomic mass is 35.5. The SMILES string of the molecule is COCc1c(CCl)nnn1-c1cccc(C)c1. The fourth-order valence-electron chi connectivity index (χ4n) is 1.68. The van der Waals surface area contributed by atoms with Gasteiger partial charge in [0.1, 0.15) is 5.69 Å². The lowest BCUT2D eigenvalue weighted by Gasteiger charge is -2.07. The Morgan fingerprint density at radius 1 is 1.41 bits per heavy atom. The predicted octanol–water partition coefficient (Wildman–Crippen LogP) is 2.46. The summed E-state index contributed by atoms with van der Waals surface area (Å²) in [7, 11) is 1.64. The standard InChI is InChI=1S/C12H14ClN3O/c1-9-4-3-5-10(6-9)16-12(8-17-2)11(7-13)14-15-16/h3-6H,7-8H2,1-2H3. The molecule has 0 aliphatic heterocycles. The van der Waals surface area contributed by atoms with Crippen LogP contribution >= 0.6 is 11.6 Å². The molecule has 0 radical (unpaired) electrons. The highest BCUT2D eigenvalue weighted by Gasteiger charge is 2.13. The number of halogens is 1. The number of rotatable bonds is 4. The summed E-state index contributed by atoms with van der Waals surface area (Å²) in [5, 5.41) is 8.18. The van der Waals surface area contributed by atoms with Crippen molar-refractivity contribution in [2.24, 2.45) is 0 Å². The van der Waals surface area contributed by atoms with Crippen molar-refractivity contribution < 1.29 is 4.74 Å². The zero-order chi connectivity index (χ0) is 12.3. The summed E-state index contributed by atoms with van der Waals surface area (Å²) in [6.07, 6.45) is 0. The minimum atomic E-state index is 0.338. The first-order valence-corrected chi connectivity index (χ1v) is 5.85. The summed E-state index contributed by atoms with van der Waals surface area (Å²) in [6, 6.07) is 8.06. The molecule has 0 aliphatic rings. The second-order valence-electron chi connectivity index (χ2n) is 3.80. The van der Waals surface area contributed by atoms with Crippen molar-refractivity contribution in [2.75, 3.05) is 7.11 Å². The minimum absolute atomic E-state index is 0.338. The molecule has 2 aromatic rings. The summed E-state index contributed by atoms with van der Waals surface area (Å²) < 4.78 is 6.93. The Morgan fingerprint density at radius 2 is 2.24 bits per heavy atom. The van der Waals surface area contributed by atoms with Crippen LogP contribution in [0.15, 0.2) is 24.3 Å². The molecule has 0 spiro atoms. The summed E-state index contributed by atoms with van der Waals surface area (Å²) in [6.45, 7) is 2.49. The quantitative estimate of drug-likeness (QED) is 0.784. The van der Waals surface area contributed by atoms with Crippen LogP contribution < -0.4 is 0 Å². The van der Waals surface area contributed by atoms with Crippen molar-refractivity contribution in [2.45, 2.75) is 19.4 Å². The van der Waals surface area contributed by atoms with Crippen molar-refractivity contribution in [1.29, 1.82) is 0 Å². The maximum absolute atomic E-state index is 5.83. The Kier molecular flexibility index (Phi) is 3.76. The summed E-state index contributed by atoms with van der Waals surface area (Å²) in [5.74, 6) is 0.338. The zero-order valence-corrected chi connectivity index (χ0v) is 10.6. The summed E-state index contributed by atoms with van der Waals surface area (Å²) in [4.78, 5) is 0. The van der Waals surface area contributed by atoms with E-state index < -0.39 is 0 Å². The number of ether oxygens (including phenoxy) is 1. The lowest BCUT2D eigenvalue weighted by atomic mass is 10.2. The van der Waals surface area contributed by atoms with E-state index in [-0.39, 0.29) is 0 Å². The van der Waals surface area contributed by atoms with Gasteiger partial charge in [0, 0.05) is 7.11 Å². The van der Waals surface area contributed by atoms with Gasteiger partial charge in [-0.3, -0.25) is 0 Å². The molecule has 5 heteroatoms. The predicted molar refractivity (Wildman–Crippen MR) is 66.4 cm³/mol. The van der Waals surface area contributed by atoms with Crippen LogP contribution in [-0.2, 0) is 17.2 Å². The molecule has 90 valence electrons. The average Bonchev–Trinajstić information content (AvgIpc) is 2.72. The van der Waals surface area contributed by atoms with E-state index in [4.69, 9.17) is 16.3 Å². The van der Waals surface area contributed by atoms with E-state index in [1.807, 2.05) is 31.2 Å². The Balaban J connectivity index is 2.47. The van der Waals surface area contributed by atoms with Crippen LogP contribution in [0.5, 0.6) is 0 Å². The van der Waals surface area contributed by atoms with Gasteiger partial charge in [0.2, 0.25) is 0 Å². The van der Waals surface area contributed by atoms with E-state index >= 15 is 0 Å². The lowest BCUT2D eigenvalue weighted by molar-refractivity contribution is 0.178. The van der Waals surface area contributed by atoms with E-state index in [1.165, 1.54) is 5.56 Å². The van der Waals surface area contributed by atoms with Gasteiger partial charge in [0.25, 0.3) is 0 Å². The molecule has 2 rings (SSSR count). The molecule has 1 heterocycles. The van der Waals surface area contributed by atoms with Gasteiger partial charge in [-0.1, -0.05) is 17.3 Å². The molecule has 4 nitrogen and oxygen atoms in total. The van der Waals surface area contributed by atoms with Gasteiger partial charge >= 0.3 is 0 Å². The Morgan fingerprint density at radius 3 is 2.88 bits per heavy atom. The molecule has 0 fully saturated rings. The highest BCUT2D eigenvalue weighted by Crippen LogP contribution is 2.16. The van der Waals surface area contributed by atoms with Crippen LogP contribution in [0.2, 0.25) is 0 Å². The van der Waals surface area contributed by atoms with Gasteiger partial charge in [-0.05, 0) is 24.6 Å². The minimum Gasteiger partial charge on any atom is -0.378 e. The average molecular weight is 252 g/mol. The van der Waals surface area contributed by atoms with Gasteiger partial charge in [0.15, 0.2) is 0 Å². The molecule has 17 heavy (non-hydrogen) atoms. The van der Waals surface area contributed by atoms with Crippen LogP contribution in [0.3, 0.4) is 0 Å². The molecule has 0 saturated heterocycles. The third kappa shape index (κ3) is 2.48. The third-order valence-corrected chi connectivity index (χ3v) is 2.75. The smallest absolute Gasteiger partial charge is 0.103 e. The Hall–Kier alpha value is -1.39. The second kappa shape index (κ2) is 5.29. The number of alkyl halides is 1. The van der Waals surface area contributed by atoms with E-state index in [9.17, 15) is 0 Å². The van der Waals surface area contributed by atoms with Crippen molar-refractivity contribution in [3.63, 3.8) is 0 Å². The molecule has 0 atom stereocenters. The van der Waals surface area contributed by atoms with Crippen molar-refractivity contribution in [3.05, 3.63) is 41.2 Å². The van der Waals surface area contributed by atoms with Crippen molar-refractivity contribution in [3.8, 4) is 5.69 Å². The van der Waals surface area contributed by atoms with Crippen LogP contribution in [-0.4, -0.2) is 22.1 Å². The lowest BCUT2D eigenvalue weighted by Crippen LogP contribution is -2.04. The fourth-order valence-corrected chi connectivity index (χ4v) is 1.89. The normalized spacial score (nSPS) is 10.8. The molecule has 0 bridgehead atoms. The fraction of sp³-hybridized carbons (Fsp3) is 0.333. The van der Waals surface area contributed by atoms with Crippen molar-refractivity contribution in [1.82, 2.24) is 15.0 Å². The number of nitrogens with zero attached hydrogens (tertiary/aromatic N) is 3. The number of aromatic nitrogens is 3. The van der Waals surface area contributed by atoms with Gasteiger partial charge in [-0.15, -0.1) is 16.7 Å². The number of methoxy groups -OCH3 is 1. The molecule has 0 saturated carbocycles. The molecule has 0 aliphatic carbocycles. The monoisotopic (exact) mass is 251 g/mol. The van der Waals surface area contributed by atoms with E-state index in [0.29, 0.717) is 12.5 Å². The molecule has 0 unspecified atom stereocenters. The van der Waals surface area contributed by atoms with Gasteiger partial charge in [-0.2, -0.15) is 0 Å². The first-order chi connectivity index (χ1) is 8.26. The molecule has 1 aromatic carbocycles. The largest absolute Gasteiger partial charge is 0.378 e. The Labute approximate surface area is 105 Å². The second-order valence-corrected chi connectivity index (χ2v) is 4.07. The first kappa shape index (κ1) is 12.1. The first-order valence-electron chi connectivity index (χ1n) is 5.31. The number of hydrogen-bond donors (Lipinski definition) is 0. The maximum atomic E-state index is 5.83.